The summed E-state index contributed by atoms with van der Waals surface area (Å²) in [6.45, 7) is 3.12. The molecule has 6 heteroatoms. The first-order chi connectivity index (χ1) is 8.40. The Morgan fingerprint density at radius 2 is 2.11 bits per heavy atom. The molecule has 0 aliphatic rings. The Kier molecular flexibility index (Phi) is 2.78. The van der Waals surface area contributed by atoms with Crippen LogP contribution in [0.3, 0.4) is 0 Å². The van der Waals surface area contributed by atoms with Gasteiger partial charge in [0.1, 0.15) is 5.54 Å². The van der Waals surface area contributed by atoms with Crippen molar-refractivity contribution in [3.63, 3.8) is 0 Å². The van der Waals surface area contributed by atoms with E-state index in [1.165, 1.54) is 0 Å². The zero-order valence-corrected chi connectivity index (χ0v) is 10.2. The second kappa shape index (κ2) is 4.14. The molecular formula is C12H14N4O2. The second-order valence-electron chi connectivity index (χ2n) is 4.62. The van der Waals surface area contributed by atoms with Crippen LogP contribution in [0.25, 0.3) is 10.9 Å². The molecule has 1 aromatic carbocycles. The Morgan fingerprint density at radius 1 is 1.39 bits per heavy atom. The summed E-state index contributed by atoms with van der Waals surface area (Å²) in [5.41, 5.74) is 5.33. The van der Waals surface area contributed by atoms with Crippen LogP contribution < -0.4 is 11.1 Å². The summed E-state index contributed by atoms with van der Waals surface area (Å²) in [4.78, 5) is 23.1. The number of fused-ring (bicyclic) bond motifs is 1. The lowest BCUT2D eigenvalue weighted by molar-refractivity contribution is -0.122. The largest absolute Gasteiger partial charge is 0.368 e. The van der Waals surface area contributed by atoms with Gasteiger partial charge in [-0.25, -0.2) is 0 Å². The lowest BCUT2D eigenvalue weighted by atomic mass is 10.0. The van der Waals surface area contributed by atoms with Crippen LogP contribution in [0, 0.1) is 0 Å². The van der Waals surface area contributed by atoms with E-state index in [9.17, 15) is 9.59 Å². The van der Waals surface area contributed by atoms with E-state index >= 15 is 0 Å². The molecule has 1 heterocycles. The van der Waals surface area contributed by atoms with E-state index in [-0.39, 0.29) is 5.91 Å². The molecule has 0 unspecified atom stereocenters. The number of nitrogens with one attached hydrogen (secondary N) is 2. The summed E-state index contributed by atoms with van der Waals surface area (Å²) in [5, 5.41) is 10.2. The van der Waals surface area contributed by atoms with E-state index in [2.05, 4.69) is 15.5 Å². The molecule has 0 saturated carbocycles. The number of primary amides is 1. The van der Waals surface area contributed by atoms with E-state index in [0.717, 1.165) is 10.9 Å². The van der Waals surface area contributed by atoms with Crippen molar-refractivity contribution in [1.29, 1.82) is 0 Å². The number of hydrogen-bond acceptors (Lipinski definition) is 3. The number of H-pyrrole nitrogens is 1. The van der Waals surface area contributed by atoms with E-state index < -0.39 is 11.4 Å². The highest BCUT2D eigenvalue weighted by Crippen LogP contribution is 2.13. The van der Waals surface area contributed by atoms with Crippen LogP contribution in [-0.4, -0.2) is 27.6 Å². The molecule has 2 rings (SSSR count). The number of aromatic amines is 1. The van der Waals surface area contributed by atoms with Crippen LogP contribution in [0.1, 0.15) is 24.2 Å². The Morgan fingerprint density at radius 3 is 2.78 bits per heavy atom. The van der Waals surface area contributed by atoms with Crippen LogP contribution in [0.15, 0.2) is 24.4 Å². The summed E-state index contributed by atoms with van der Waals surface area (Å²) in [6, 6.07) is 5.13. The molecular weight excluding hydrogens is 232 g/mol. The molecule has 2 aromatic rings. The Hall–Kier alpha value is -2.37. The molecule has 18 heavy (non-hydrogen) atoms. The monoisotopic (exact) mass is 246 g/mol. The van der Waals surface area contributed by atoms with Crippen molar-refractivity contribution in [2.45, 2.75) is 19.4 Å². The fourth-order valence-corrected chi connectivity index (χ4v) is 1.50. The first-order valence-corrected chi connectivity index (χ1v) is 5.46. The SMILES string of the molecule is CC(C)(NC(=O)c1ccc2cn[nH]c2c1)C(N)=O. The maximum atomic E-state index is 12.0. The number of nitrogens with zero attached hydrogens (tertiary/aromatic N) is 1. The predicted octanol–water partition coefficient (Wildman–Crippen LogP) is 0.557. The normalized spacial score (nSPS) is 11.4. The van der Waals surface area contributed by atoms with Gasteiger partial charge in [0.25, 0.3) is 5.91 Å². The van der Waals surface area contributed by atoms with Crippen molar-refractivity contribution in [3.8, 4) is 0 Å². The minimum Gasteiger partial charge on any atom is -0.368 e. The number of aromatic nitrogens is 2. The van der Waals surface area contributed by atoms with Gasteiger partial charge in [0.15, 0.2) is 0 Å². The summed E-state index contributed by atoms with van der Waals surface area (Å²) >= 11 is 0. The highest BCUT2D eigenvalue weighted by atomic mass is 16.2. The molecule has 0 atom stereocenters. The van der Waals surface area contributed by atoms with Gasteiger partial charge in [-0.05, 0) is 26.0 Å². The van der Waals surface area contributed by atoms with E-state index in [4.69, 9.17) is 5.73 Å². The molecule has 0 spiro atoms. The van der Waals surface area contributed by atoms with Gasteiger partial charge >= 0.3 is 0 Å². The summed E-state index contributed by atoms with van der Waals surface area (Å²) in [6.07, 6.45) is 1.67. The van der Waals surface area contributed by atoms with Crippen LogP contribution in [-0.2, 0) is 4.79 Å². The fourth-order valence-electron chi connectivity index (χ4n) is 1.50. The third-order valence-corrected chi connectivity index (χ3v) is 2.75. The minimum absolute atomic E-state index is 0.352. The number of benzene rings is 1. The van der Waals surface area contributed by atoms with Crippen LogP contribution in [0.5, 0.6) is 0 Å². The summed E-state index contributed by atoms with van der Waals surface area (Å²) < 4.78 is 0. The van der Waals surface area contributed by atoms with Crippen molar-refractivity contribution in [2.75, 3.05) is 0 Å². The Balaban J connectivity index is 2.25. The summed E-state index contributed by atoms with van der Waals surface area (Å²) in [7, 11) is 0. The first kappa shape index (κ1) is 12.1. The van der Waals surface area contributed by atoms with Crippen molar-refractivity contribution in [1.82, 2.24) is 15.5 Å². The summed E-state index contributed by atoms with van der Waals surface area (Å²) in [5.74, 6) is -0.936. The standard InChI is InChI=1S/C12H14N4O2/c1-12(2,11(13)18)15-10(17)7-3-4-8-6-14-16-9(8)5-7/h3-6H,1-2H3,(H2,13,18)(H,14,16)(H,15,17). The average Bonchev–Trinajstić information content (AvgIpc) is 2.74. The second-order valence-corrected chi connectivity index (χ2v) is 4.62. The molecule has 2 amide bonds. The highest BCUT2D eigenvalue weighted by Gasteiger charge is 2.27. The maximum absolute atomic E-state index is 12.0. The molecule has 94 valence electrons. The molecule has 0 aliphatic carbocycles. The van der Waals surface area contributed by atoms with Crippen LogP contribution >= 0.6 is 0 Å². The van der Waals surface area contributed by atoms with Gasteiger partial charge in [-0.15, -0.1) is 0 Å². The van der Waals surface area contributed by atoms with Gasteiger partial charge in [0, 0.05) is 10.9 Å². The number of carbonyl (C=O) groups excluding carboxylic acids is 2. The van der Waals surface area contributed by atoms with Crippen molar-refractivity contribution in [2.24, 2.45) is 5.73 Å². The van der Waals surface area contributed by atoms with Gasteiger partial charge in [-0.1, -0.05) is 6.07 Å². The smallest absolute Gasteiger partial charge is 0.252 e. The number of hydrogen-bond donors (Lipinski definition) is 3. The average molecular weight is 246 g/mol. The molecule has 0 radical (unpaired) electrons. The van der Waals surface area contributed by atoms with Crippen LogP contribution in [0.4, 0.5) is 0 Å². The Bertz CT molecular complexity index is 615. The third kappa shape index (κ3) is 2.17. The van der Waals surface area contributed by atoms with E-state index in [1.807, 2.05) is 0 Å². The predicted molar refractivity (Wildman–Crippen MR) is 66.8 cm³/mol. The lowest BCUT2D eigenvalue weighted by Gasteiger charge is -2.22. The quantitative estimate of drug-likeness (QED) is 0.737. The molecule has 6 nitrogen and oxygen atoms in total. The van der Waals surface area contributed by atoms with Gasteiger partial charge in [0.2, 0.25) is 5.91 Å². The minimum atomic E-state index is -1.08. The van der Waals surface area contributed by atoms with E-state index in [0.29, 0.717) is 5.56 Å². The van der Waals surface area contributed by atoms with Crippen molar-refractivity contribution >= 4 is 22.7 Å². The molecule has 0 saturated heterocycles. The van der Waals surface area contributed by atoms with Gasteiger partial charge in [-0.2, -0.15) is 5.10 Å². The van der Waals surface area contributed by atoms with Gasteiger partial charge < -0.3 is 11.1 Å². The van der Waals surface area contributed by atoms with Crippen molar-refractivity contribution in [3.05, 3.63) is 30.0 Å². The molecule has 0 fully saturated rings. The zero-order chi connectivity index (χ0) is 13.3. The third-order valence-electron chi connectivity index (χ3n) is 2.75. The lowest BCUT2D eigenvalue weighted by Crippen LogP contribution is -2.52. The number of nitrogens with two attached hydrogens (primary N) is 1. The number of carbonyl (C=O) groups is 2. The molecule has 4 N–H and O–H groups in total. The topological polar surface area (TPSA) is 101 Å². The van der Waals surface area contributed by atoms with Gasteiger partial charge in [-0.3, -0.25) is 14.7 Å². The van der Waals surface area contributed by atoms with Crippen molar-refractivity contribution < 1.29 is 9.59 Å². The van der Waals surface area contributed by atoms with Crippen LogP contribution in [0.2, 0.25) is 0 Å². The van der Waals surface area contributed by atoms with E-state index in [1.54, 1.807) is 38.2 Å². The molecule has 1 aromatic heterocycles. The Labute approximate surface area is 104 Å². The zero-order valence-electron chi connectivity index (χ0n) is 10.2. The number of amides is 2. The highest BCUT2D eigenvalue weighted by molar-refractivity contribution is 6.00. The van der Waals surface area contributed by atoms with Gasteiger partial charge in [0.05, 0.1) is 11.7 Å². The molecule has 0 bridgehead atoms. The number of rotatable bonds is 3. The fraction of sp³-hybridized carbons (Fsp3) is 0.250. The first-order valence-electron chi connectivity index (χ1n) is 5.46. The maximum Gasteiger partial charge on any atom is 0.252 e. The molecule has 0 aliphatic heterocycles.